The molecule has 126 valence electrons. The molecule has 6 heteroatoms. The molecule has 1 N–H and O–H groups in total. The van der Waals surface area contributed by atoms with E-state index in [4.69, 9.17) is 0 Å². The number of piperazine rings is 1. The molecule has 2 fully saturated rings. The smallest absolute Gasteiger partial charge is 0.254 e. The van der Waals surface area contributed by atoms with E-state index in [0.29, 0.717) is 0 Å². The number of rotatable bonds is 2. The number of fused-ring (bicyclic) bond motifs is 1. The van der Waals surface area contributed by atoms with Gasteiger partial charge in [-0.1, -0.05) is 18.2 Å². The second-order valence-electron chi connectivity index (χ2n) is 6.91. The molecule has 1 amide bonds. The number of carbonyl (C=O) groups is 1. The van der Waals surface area contributed by atoms with Crippen LogP contribution in [-0.2, 0) is 0 Å². The van der Waals surface area contributed by atoms with Crippen LogP contribution in [0, 0.1) is 0 Å². The van der Waals surface area contributed by atoms with Crippen LogP contribution in [0.3, 0.4) is 0 Å². The minimum atomic E-state index is -0.0429. The highest BCUT2D eigenvalue weighted by Gasteiger charge is 2.53. The molecule has 25 heavy (non-hydrogen) atoms. The molecule has 0 atom stereocenters. The lowest BCUT2D eigenvalue weighted by molar-refractivity contribution is 0.0624. The first-order valence-electron chi connectivity index (χ1n) is 8.67. The maximum absolute atomic E-state index is 12.9. The summed E-state index contributed by atoms with van der Waals surface area (Å²) in [6.45, 7) is 2.35. The zero-order valence-electron chi connectivity index (χ0n) is 13.9. The van der Waals surface area contributed by atoms with Crippen molar-refractivity contribution in [3.05, 3.63) is 54.5 Å². The Bertz CT molecular complexity index is 931. The van der Waals surface area contributed by atoms with Crippen LogP contribution in [0.25, 0.3) is 11.0 Å². The first kappa shape index (κ1) is 14.5. The monoisotopic (exact) mass is 333 g/mol. The highest BCUT2D eigenvalue weighted by Crippen LogP contribution is 2.46. The Balaban J connectivity index is 1.43. The van der Waals surface area contributed by atoms with Gasteiger partial charge in [-0.25, -0.2) is 9.97 Å². The normalized spacial score (nSPS) is 18.7. The maximum atomic E-state index is 12.9. The summed E-state index contributed by atoms with van der Waals surface area (Å²) in [5.41, 5.74) is 1.59. The number of benzene rings is 1. The van der Waals surface area contributed by atoms with Crippen LogP contribution in [-0.4, -0.2) is 50.9 Å². The number of nitrogens with one attached hydrogen (secondary N) is 1. The highest BCUT2D eigenvalue weighted by molar-refractivity contribution is 5.95. The molecule has 0 radical (unpaired) electrons. The van der Waals surface area contributed by atoms with Crippen molar-refractivity contribution in [2.45, 2.75) is 18.4 Å². The summed E-state index contributed by atoms with van der Waals surface area (Å²) in [6.07, 6.45) is 5.62. The number of amides is 1. The largest absolute Gasteiger partial charge is 0.352 e. The number of carbonyl (C=O) groups excluding carboxylic acids is 1. The molecular formula is C19H19N5O. The summed E-state index contributed by atoms with van der Waals surface area (Å²) in [6, 6.07) is 11.6. The minimum Gasteiger partial charge on any atom is -0.352 e. The van der Waals surface area contributed by atoms with Crippen LogP contribution in [0.4, 0.5) is 5.82 Å². The summed E-state index contributed by atoms with van der Waals surface area (Å²) >= 11 is 0. The molecule has 1 aromatic carbocycles. The van der Waals surface area contributed by atoms with Crippen molar-refractivity contribution >= 4 is 22.8 Å². The minimum absolute atomic E-state index is 0.0429. The van der Waals surface area contributed by atoms with Crippen LogP contribution in [0.5, 0.6) is 0 Å². The van der Waals surface area contributed by atoms with Gasteiger partial charge in [0.15, 0.2) is 0 Å². The van der Waals surface area contributed by atoms with E-state index in [2.05, 4.69) is 24.8 Å². The fourth-order valence-electron chi connectivity index (χ4n) is 3.89. The highest BCUT2D eigenvalue weighted by atomic mass is 16.2. The summed E-state index contributed by atoms with van der Waals surface area (Å²) in [5.74, 6) is 1.11. The van der Waals surface area contributed by atoms with Crippen LogP contribution in [0.1, 0.15) is 23.2 Å². The number of nitrogens with zero attached hydrogens (tertiary/aromatic N) is 4. The molecular weight excluding hydrogens is 314 g/mol. The van der Waals surface area contributed by atoms with E-state index in [0.717, 1.165) is 54.9 Å². The maximum Gasteiger partial charge on any atom is 0.254 e. The van der Waals surface area contributed by atoms with Gasteiger partial charge in [-0.15, -0.1) is 0 Å². The molecule has 2 aromatic heterocycles. The first-order chi connectivity index (χ1) is 12.3. The third-order valence-electron chi connectivity index (χ3n) is 5.38. The Morgan fingerprint density at radius 2 is 1.92 bits per heavy atom. The van der Waals surface area contributed by atoms with Gasteiger partial charge in [-0.3, -0.25) is 4.79 Å². The SMILES string of the molecule is O=C(c1ccccc1)N1CCN(c2ncnc3[nH]ccc23)CC12CC2. The van der Waals surface area contributed by atoms with Gasteiger partial charge in [0.1, 0.15) is 17.8 Å². The second kappa shape index (κ2) is 5.31. The zero-order valence-corrected chi connectivity index (χ0v) is 13.9. The predicted octanol–water partition coefficient (Wildman–Crippen LogP) is 2.45. The number of aromatic amines is 1. The fourth-order valence-corrected chi connectivity index (χ4v) is 3.89. The van der Waals surface area contributed by atoms with Gasteiger partial charge in [0, 0.05) is 31.4 Å². The van der Waals surface area contributed by atoms with E-state index in [-0.39, 0.29) is 11.4 Å². The summed E-state index contributed by atoms with van der Waals surface area (Å²) in [7, 11) is 0. The van der Waals surface area contributed by atoms with E-state index < -0.39 is 0 Å². The molecule has 1 spiro atoms. The van der Waals surface area contributed by atoms with Gasteiger partial charge < -0.3 is 14.8 Å². The van der Waals surface area contributed by atoms with E-state index >= 15 is 0 Å². The molecule has 6 nitrogen and oxygen atoms in total. The van der Waals surface area contributed by atoms with Crippen LogP contribution >= 0.6 is 0 Å². The molecule has 0 unspecified atom stereocenters. The Labute approximate surface area is 145 Å². The van der Waals surface area contributed by atoms with Crippen molar-refractivity contribution < 1.29 is 4.79 Å². The Kier molecular flexibility index (Phi) is 3.07. The van der Waals surface area contributed by atoms with Crippen molar-refractivity contribution in [2.75, 3.05) is 24.5 Å². The fraction of sp³-hybridized carbons (Fsp3) is 0.316. The second-order valence-corrected chi connectivity index (χ2v) is 6.91. The quantitative estimate of drug-likeness (QED) is 0.782. The van der Waals surface area contributed by atoms with Gasteiger partial charge in [0.25, 0.3) is 5.91 Å². The topological polar surface area (TPSA) is 65.1 Å². The Morgan fingerprint density at radius 3 is 2.72 bits per heavy atom. The number of hydrogen-bond donors (Lipinski definition) is 1. The standard InChI is InChI=1S/C19H19N5O/c25-18(14-4-2-1-3-5-14)24-11-10-23(12-19(24)7-8-19)17-15-6-9-20-16(15)21-13-22-17/h1-6,9,13H,7-8,10-12H2,(H,20,21,22). The molecule has 0 bridgehead atoms. The molecule has 5 rings (SSSR count). The van der Waals surface area contributed by atoms with E-state index in [1.54, 1.807) is 6.33 Å². The van der Waals surface area contributed by atoms with E-state index in [9.17, 15) is 4.79 Å². The summed E-state index contributed by atoms with van der Waals surface area (Å²) < 4.78 is 0. The first-order valence-corrected chi connectivity index (χ1v) is 8.67. The molecule has 1 aliphatic carbocycles. The average Bonchev–Trinajstić information content (AvgIpc) is 3.24. The average molecular weight is 333 g/mol. The molecule has 1 saturated heterocycles. The van der Waals surface area contributed by atoms with Gasteiger partial charge >= 0.3 is 0 Å². The van der Waals surface area contributed by atoms with Crippen molar-refractivity contribution in [3.8, 4) is 0 Å². The van der Waals surface area contributed by atoms with Gasteiger partial charge in [-0.05, 0) is 31.0 Å². The van der Waals surface area contributed by atoms with E-state index in [1.165, 1.54) is 0 Å². The molecule has 2 aliphatic rings. The predicted molar refractivity (Wildman–Crippen MR) is 95.5 cm³/mol. The molecule has 1 aliphatic heterocycles. The van der Waals surface area contributed by atoms with Gasteiger partial charge in [0.05, 0.1) is 10.9 Å². The lowest BCUT2D eigenvalue weighted by atomic mass is 10.1. The molecule has 3 aromatic rings. The molecule has 1 saturated carbocycles. The molecule has 3 heterocycles. The van der Waals surface area contributed by atoms with Crippen molar-refractivity contribution in [3.63, 3.8) is 0 Å². The lowest BCUT2D eigenvalue weighted by Crippen LogP contribution is -2.57. The number of aromatic nitrogens is 3. The van der Waals surface area contributed by atoms with Crippen LogP contribution in [0.2, 0.25) is 0 Å². The van der Waals surface area contributed by atoms with Gasteiger partial charge in [-0.2, -0.15) is 0 Å². The third-order valence-corrected chi connectivity index (χ3v) is 5.38. The number of hydrogen-bond acceptors (Lipinski definition) is 4. The van der Waals surface area contributed by atoms with Gasteiger partial charge in [0.2, 0.25) is 0 Å². The van der Waals surface area contributed by atoms with Crippen molar-refractivity contribution in [1.29, 1.82) is 0 Å². The Hall–Kier alpha value is -2.89. The van der Waals surface area contributed by atoms with Crippen molar-refractivity contribution in [2.24, 2.45) is 0 Å². The third kappa shape index (κ3) is 2.28. The van der Waals surface area contributed by atoms with E-state index in [1.807, 2.05) is 42.6 Å². The van der Waals surface area contributed by atoms with Crippen LogP contribution in [0.15, 0.2) is 48.9 Å². The summed E-state index contributed by atoms with van der Waals surface area (Å²) in [5, 5.41) is 1.04. The van der Waals surface area contributed by atoms with Crippen molar-refractivity contribution in [1.82, 2.24) is 19.9 Å². The Morgan fingerprint density at radius 1 is 1.08 bits per heavy atom. The lowest BCUT2D eigenvalue weighted by Gasteiger charge is -2.42. The van der Waals surface area contributed by atoms with Crippen LogP contribution < -0.4 is 4.90 Å². The number of anilines is 1. The summed E-state index contributed by atoms with van der Waals surface area (Å²) in [4.78, 5) is 29.3. The zero-order chi connectivity index (χ0) is 16.9. The number of H-pyrrole nitrogens is 1.